The molecule has 4 saturated heterocycles. The standard InChI is InChI=1S/C21H25N3O5/c25-17(12-24-20(26)18-15-4-5-16(29-15)19(18)21(24)27)22-14-3-1-2-13(10-14)11-23-6-8-28-9-7-23/h1-3,10,15-16,18-19H,4-9,11-12H2,(H,22,25)/t15-,16-,18-,19+/m1/s1. The van der Waals surface area contributed by atoms with Crippen LogP contribution in [0.25, 0.3) is 0 Å². The second-order valence-corrected chi connectivity index (χ2v) is 8.24. The first-order chi connectivity index (χ1) is 14.1. The van der Waals surface area contributed by atoms with E-state index in [-0.39, 0.29) is 36.5 Å². The molecule has 3 amide bonds. The quantitative estimate of drug-likeness (QED) is 0.731. The van der Waals surface area contributed by atoms with Gasteiger partial charge < -0.3 is 14.8 Å². The lowest BCUT2D eigenvalue weighted by Crippen LogP contribution is -2.40. The van der Waals surface area contributed by atoms with Crippen molar-refractivity contribution in [2.45, 2.75) is 31.6 Å². The molecule has 4 aliphatic heterocycles. The van der Waals surface area contributed by atoms with Gasteiger partial charge in [0.15, 0.2) is 0 Å². The first kappa shape index (κ1) is 18.7. The van der Waals surface area contributed by atoms with Gasteiger partial charge in [-0.25, -0.2) is 0 Å². The third-order valence-corrected chi connectivity index (χ3v) is 6.40. The van der Waals surface area contributed by atoms with Crippen LogP contribution in [0, 0.1) is 11.8 Å². The lowest BCUT2D eigenvalue weighted by Gasteiger charge is -2.26. The van der Waals surface area contributed by atoms with Gasteiger partial charge in [0.1, 0.15) is 6.54 Å². The largest absolute Gasteiger partial charge is 0.379 e. The first-order valence-electron chi connectivity index (χ1n) is 10.3. The van der Waals surface area contributed by atoms with Gasteiger partial charge in [-0.1, -0.05) is 12.1 Å². The first-order valence-corrected chi connectivity index (χ1v) is 10.3. The molecule has 2 bridgehead atoms. The van der Waals surface area contributed by atoms with Crippen molar-refractivity contribution in [3.8, 4) is 0 Å². The number of ether oxygens (including phenoxy) is 2. The van der Waals surface area contributed by atoms with Gasteiger partial charge in [-0.15, -0.1) is 0 Å². The van der Waals surface area contributed by atoms with Crippen LogP contribution in [0.2, 0.25) is 0 Å². The maximum Gasteiger partial charge on any atom is 0.244 e. The minimum atomic E-state index is -0.397. The summed E-state index contributed by atoms with van der Waals surface area (Å²) < 4.78 is 11.1. The normalized spacial score (nSPS) is 31.4. The van der Waals surface area contributed by atoms with Gasteiger partial charge in [-0.3, -0.25) is 24.2 Å². The highest BCUT2D eigenvalue weighted by Crippen LogP contribution is 2.48. The average molecular weight is 399 g/mol. The molecule has 154 valence electrons. The van der Waals surface area contributed by atoms with Crippen LogP contribution < -0.4 is 5.32 Å². The van der Waals surface area contributed by atoms with E-state index < -0.39 is 11.8 Å². The fraction of sp³-hybridized carbons (Fsp3) is 0.571. The topological polar surface area (TPSA) is 88.2 Å². The predicted octanol–water partition coefficient (Wildman–Crippen LogP) is 0.620. The average Bonchev–Trinajstić information content (AvgIpc) is 3.39. The lowest BCUT2D eigenvalue weighted by atomic mass is 9.81. The Morgan fingerprint density at radius 3 is 2.45 bits per heavy atom. The number of hydrogen-bond donors (Lipinski definition) is 1. The fourth-order valence-corrected chi connectivity index (χ4v) is 5.04. The highest BCUT2D eigenvalue weighted by atomic mass is 16.5. The molecule has 0 radical (unpaired) electrons. The Kier molecular flexibility index (Phi) is 4.85. The Balaban J connectivity index is 1.20. The summed E-state index contributed by atoms with van der Waals surface area (Å²) >= 11 is 0. The third-order valence-electron chi connectivity index (χ3n) is 6.40. The van der Waals surface area contributed by atoms with Gasteiger partial charge in [-0.05, 0) is 30.5 Å². The van der Waals surface area contributed by atoms with Crippen molar-refractivity contribution in [1.82, 2.24) is 9.80 Å². The maximum atomic E-state index is 12.7. The third kappa shape index (κ3) is 3.45. The molecule has 8 heteroatoms. The van der Waals surface area contributed by atoms with Gasteiger partial charge in [-0.2, -0.15) is 0 Å². The molecule has 0 aliphatic carbocycles. The summed E-state index contributed by atoms with van der Waals surface area (Å²) in [5, 5.41) is 2.83. The van der Waals surface area contributed by atoms with E-state index in [2.05, 4.69) is 10.2 Å². The predicted molar refractivity (Wildman–Crippen MR) is 103 cm³/mol. The minimum Gasteiger partial charge on any atom is -0.379 e. The van der Waals surface area contributed by atoms with E-state index in [1.165, 1.54) is 0 Å². The molecule has 4 atom stereocenters. The van der Waals surface area contributed by atoms with E-state index >= 15 is 0 Å². The van der Waals surface area contributed by atoms with Crippen LogP contribution in [0.15, 0.2) is 24.3 Å². The fourth-order valence-electron chi connectivity index (χ4n) is 5.04. The zero-order chi connectivity index (χ0) is 20.0. The molecule has 5 rings (SSSR count). The van der Waals surface area contributed by atoms with Crippen molar-refractivity contribution in [3.63, 3.8) is 0 Å². The molecule has 1 aromatic carbocycles. The van der Waals surface area contributed by atoms with Crippen molar-refractivity contribution in [3.05, 3.63) is 29.8 Å². The van der Waals surface area contributed by atoms with E-state index in [9.17, 15) is 14.4 Å². The molecular weight excluding hydrogens is 374 g/mol. The van der Waals surface area contributed by atoms with E-state index in [0.29, 0.717) is 5.69 Å². The Labute approximate surface area is 169 Å². The monoisotopic (exact) mass is 399 g/mol. The maximum absolute atomic E-state index is 12.7. The summed E-state index contributed by atoms with van der Waals surface area (Å²) in [6.07, 6.45) is 1.32. The van der Waals surface area contributed by atoms with Gasteiger partial charge in [0, 0.05) is 25.3 Å². The number of benzene rings is 1. The van der Waals surface area contributed by atoms with Crippen LogP contribution in [0.3, 0.4) is 0 Å². The Hall–Kier alpha value is -2.29. The number of likely N-dealkylation sites (tertiary alicyclic amines) is 1. The molecule has 0 spiro atoms. The van der Waals surface area contributed by atoms with Gasteiger partial charge in [0.25, 0.3) is 0 Å². The smallest absolute Gasteiger partial charge is 0.244 e. The molecule has 0 unspecified atom stereocenters. The van der Waals surface area contributed by atoms with Crippen molar-refractivity contribution >= 4 is 23.4 Å². The molecule has 1 N–H and O–H groups in total. The van der Waals surface area contributed by atoms with Crippen LogP contribution in [-0.2, 0) is 30.4 Å². The summed E-state index contributed by atoms with van der Waals surface area (Å²) in [5.74, 6) is -1.67. The van der Waals surface area contributed by atoms with Crippen LogP contribution in [0.1, 0.15) is 18.4 Å². The molecule has 4 fully saturated rings. The van der Waals surface area contributed by atoms with Crippen LogP contribution >= 0.6 is 0 Å². The summed E-state index contributed by atoms with van der Waals surface area (Å²) in [5.41, 5.74) is 1.77. The number of imide groups is 1. The number of fused-ring (bicyclic) bond motifs is 5. The molecular formula is C21H25N3O5. The number of nitrogens with zero attached hydrogens (tertiary/aromatic N) is 2. The van der Waals surface area contributed by atoms with E-state index in [0.717, 1.165) is 56.2 Å². The highest BCUT2D eigenvalue weighted by Gasteiger charge is 2.62. The number of nitrogens with one attached hydrogen (secondary N) is 1. The number of rotatable bonds is 5. The number of hydrogen-bond acceptors (Lipinski definition) is 6. The number of carbonyl (C=O) groups is 3. The van der Waals surface area contributed by atoms with Crippen LogP contribution in [-0.4, -0.2) is 72.6 Å². The lowest BCUT2D eigenvalue weighted by molar-refractivity contribution is -0.145. The van der Waals surface area contributed by atoms with Crippen molar-refractivity contribution in [2.75, 3.05) is 38.2 Å². The van der Waals surface area contributed by atoms with Crippen molar-refractivity contribution in [2.24, 2.45) is 11.8 Å². The number of anilines is 1. The molecule has 29 heavy (non-hydrogen) atoms. The molecule has 4 heterocycles. The zero-order valence-corrected chi connectivity index (χ0v) is 16.2. The van der Waals surface area contributed by atoms with Crippen LogP contribution in [0.4, 0.5) is 5.69 Å². The molecule has 1 aromatic rings. The molecule has 4 aliphatic rings. The summed E-state index contributed by atoms with van der Waals surface area (Å²) in [6, 6.07) is 7.67. The molecule has 0 aromatic heterocycles. The van der Waals surface area contributed by atoms with Gasteiger partial charge in [0.05, 0.1) is 37.3 Å². The zero-order valence-electron chi connectivity index (χ0n) is 16.2. The molecule has 0 saturated carbocycles. The Morgan fingerprint density at radius 1 is 1.07 bits per heavy atom. The van der Waals surface area contributed by atoms with E-state index in [4.69, 9.17) is 9.47 Å². The van der Waals surface area contributed by atoms with Crippen LogP contribution in [0.5, 0.6) is 0 Å². The summed E-state index contributed by atoms with van der Waals surface area (Å²) in [7, 11) is 0. The van der Waals surface area contributed by atoms with Crippen molar-refractivity contribution < 1.29 is 23.9 Å². The number of carbonyl (C=O) groups excluding carboxylic acids is 3. The SMILES string of the molecule is O=C(CN1C(=O)[C@@H]2[C@H](C1=O)[C@H]1CC[C@H]2O1)Nc1cccc(CN2CCOCC2)c1. The Morgan fingerprint density at radius 2 is 1.76 bits per heavy atom. The van der Waals surface area contributed by atoms with Crippen molar-refractivity contribution in [1.29, 1.82) is 0 Å². The summed E-state index contributed by atoms with van der Waals surface area (Å²) in [4.78, 5) is 41.3. The Bertz CT molecular complexity index is 809. The number of morpholine rings is 1. The highest BCUT2D eigenvalue weighted by molar-refractivity contribution is 6.09. The van der Waals surface area contributed by atoms with E-state index in [1.54, 1.807) is 0 Å². The van der Waals surface area contributed by atoms with E-state index in [1.807, 2.05) is 24.3 Å². The van der Waals surface area contributed by atoms with Gasteiger partial charge in [0.2, 0.25) is 17.7 Å². The second-order valence-electron chi connectivity index (χ2n) is 8.24. The number of amides is 3. The summed E-state index contributed by atoms with van der Waals surface area (Å²) in [6.45, 7) is 3.82. The second kappa shape index (κ2) is 7.51. The minimum absolute atomic E-state index is 0.161. The van der Waals surface area contributed by atoms with Gasteiger partial charge >= 0.3 is 0 Å². The molecule has 8 nitrogen and oxygen atoms in total.